The second kappa shape index (κ2) is 24.5. The Kier molecular flexibility index (Phi) is 24.0. The van der Waals surface area contributed by atoms with Crippen molar-refractivity contribution in [3.8, 4) is 0 Å². The molecule has 168 valence electrons. The summed E-state index contributed by atoms with van der Waals surface area (Å²) in [4.78, 5) is 11.6. The maximum atomic E-state index is 11.6. The summed E-state index contributed by atoms with van der Waals surface area (Å²) < 4.78 is 10.4. The molecule has 0 saturated carbocycles. The fourth-order valence-corrected chi connectivity index (χ4v) is 3.51. The van der Waals surface area contributed by atoms with Gasteiger partial charge >= 0.3 is 5.97 Å². The van der Waals surface area contributed by atoms with Gasteiger partial charge < -0.3 is 9.47 Å². The highest BCUT2D eigenvalue weighted by atomic mass is 16.7. The molecule has 0 heterocycles. The number of esters is 1. The van der Waals surface area contributed by atoms with Crippen molar-refractivity contribution >= 4 is 5.97 Å². The van der Waals surface area contributed by atoms with Crippen LogP contribution in [0.3, 0.4) is 0 Å². The molecule has 0 unspecified atom stereocenters. The lowest BCUT2D eigenvalue weighted by atomic mass is 10.0. The van der Waals surface area contributed by atoms with E-state index in [9.17, 15) is 4.79 Å². The highest BCUT2D eigenvalue weighted by Crippen LogP contribution is 2.13. The summed E-state index contributed by atoms with van der Waals surface area (Å²) in [7, 11) is 0. The molecule has 3 nitrogen and oxygen atoms in total. The van der Waals surface area contributed by atoms with Crippen molar-refractivity contribution in [3.63, 3.8) is 0 Å². The van der Waals surface area contributed by atoms with Crippen LogP contribution in [0.1, 0.15) is 142 Å². The maximum Gasteiger partial charge on any atom is 0.307 e. The van der Waals surface area contributed by atoms with Crippen molar-refractivity contribution in [3.05, 3.63) is 0 Å². The van der Waals surface area contributed by atoms with Crippen molar-refractivity contribution < 1.29 is 14.3 Å². The fourth-order valence-electron chi connectivity index (χ4n) is 3.51. The number of rotatable bonds is 23. The van der Waals surface area contributed by atoms with E-state index >= 15 is 0 Å². The smallest absolute Gasteiger partial charge is 0.307 e. The minimum atomic E-state index is -0.108. The van der Waals surface area contributed by atoms with Gasteiger partial charge in [-0.3, -0.25) is 4.79 Å². The Balaban J connectivity index is 3.11. The highest BCUT2D eigenvalue weighted by molar-refractivity contribution is 5.69. The van der Waals surface area contributed by atoms with Gasteiger partial charge in [-0.2, -0.15) is 0 Å². The van der Waals surface area contributed by atoms with Gasteiger partial charge in [-0.05, 0) is 12.8 Å². The van der Waals surface area contributed by atoms with Gasteiger partial charge in [-0.1, -0.05) is 123 Å². The van der Waals surface area contributed by atoms with E-state index < -0.39 is 0 Å². The first-order valence-corrected chi connectivity index (χ1v) is 12.5. The van der Waals surface area contributed by atoms with Crippen LogP contribution >= 0.6 is 0 Å². The minimum absolute atomic E-state index is 0.108. The SMILES string of the molecule is CCCCCCCCCCCCCCCCCC(=O)OCOCCCCCC. The zero-order chi connectivity index (χ0) is 20.5. The number of carbonyl (C=O) groups is 1. The topological polar surface area (TPSA) is 35.5 Å². The molecule has 0 aromatic carbocycles. The van der Waals surface area contributed by atoms with E-state index in [2.05, 4.69) is 13.8 Å². The van der Waals surface area contributed by atoms with Crippen LogP contribution in [0, 0.1) is 0 Å². The van der Waals surface area contributed by atoms with E-state index in [4.69, 9.17) is 9.47 Å². The summed E-state index contributed by atoms with van der Waals surface area (Å²) in [6.07, 6.45) is 25.4. The highest BCUT2D eigenvalue weighted by Gasteiger charge is 2.02. The van der Waals surface area contributed by atoms with Gasteiger partial charge in [0.1, 0.15) is 0 Å². The third kappa shape index (κ3) is 23.5. The third-order valence-electron chi connectivity index (χ3n) is 5.43. The largest absolute Gasteiger partial charge is 0.438 e. The van der Waals surface area contributed by atoms with Crippen LogP contribution in [0.15, 0.2) is 0 Å². The molecule has 0 radical (unpaired) electrons. The molecule has 0 fully saturated rings. The van der Waals surface area contributed by atoms with Crippen molar-refractivity contribution in [1.29, 1.82) is 0 Å². The van der Waals surface area contributed by atoms with Crippen molar-refractivity contribution in [2.24, 2.45) is 0 Å². The normalized spacial score (nSPS) is 11.1. The van der Waals surface area contributed by atoms with E-state index in [-0.39, 0.29) is 12.8 Å². The summed E-state index contributed by atoms with van der Waals surface area (Å²) >= 11 is 0. The Morgan fingerprint density at radius 2 is 0.929 bits per heavy atom. The molecule has 0 aromatic rings. The molecule has 0 bridgehead atoms. The van der Waals surface area contributed by atoms with E-state index in [0.29, 0.717) is 13.0 Å². The average molecular weight is 399 g/mol. The number of ether oxygens (including phenoxy) is 2. The Labute approximate surface area is 176 Å². The monoisotopic (exact) mass is 398 g/mol. The predicted octanol–water partition coefficient (Wildman–Crippen LogP) is 8.35. The summed E-state index contributed by atoms with van der Waals surface area (Å²) in [5.74, 6) is -0.108. The number of hydrogen-bond donors (Lipinski definition) is 0. The number of unbranched alkanes of at least 4 members (excludes halogenated alkanes) is 17. The molecule has 0 aliphatic rings. The van der Waals surface area contributed by atoms with Gasteiger partial charge in [0.05, 0.1) is 6.61 Å². The van der Waals surface area contributed by atoms with Gasteiger partial charge in [-0.25, -0.2) is 0 Å². The molecule has 0 amide bonds. The van der Waals surface area contributed by atoms with Crippen LogP contribution in [0.5, 0.6) is 0 Å². The summed E-state index contributed by atoms with van der Waals surface area (Å²) in [5.41, 5.74) is 0. The summed E-state index contributed by atoms with van der Waals surface area (Å²) in [5, 5.41) is 0. The van der Waals surface area contributed by atoms with Gasteiger partial charge in [0, 0.05) is 6.42 Å². The zero-order valence-corrected chi connectivity index (χ0v) is 19.3. The van der Waals surface area contributed by atoms with Gasteiger partial charge in [0.15, 0.2) is 6.79 Å². The van der Waals surface area contributed by atoms with E-state index in [1.165, 1.54) is 103 Å². The van der Waals surface area contributed by atoms with Crippen LogP contribution in [-0.4, -0.2) is 19.4 Å². The first-order valence-electron chi connectivity index (χ1n) is 12.5. The molecule has 0 N–H and O–H groups in total. The maximum absolute atomic E-state index is 11.6. The molecule has 0 spiro atoms. The van der Waals surface area contributed by atoms with Gasteiger partial charge in [0.2, 0.25) is 0 Å². The summed E-state index contributed by atoms with van der Waals surface area (Å²) in [6.45, 7) is 5.30. The standard InChI is InChI=1S/C25H50O3/c1-3-5-7-9-10-11-12-13-14-15-16-17-18-19-20-22-25(26)28-24-27-23-21-8-6-4-2/h3-24H2,1-2H3. The second-order valence-corrected chi connectivity index (χ2v) is 8.30. The molecular weight excluding hydrogens is 348 g/mol. The van der Waals surface area contributed by atoms with Crippen LogP contribution in [0.4, 0.5) is 0 Å². The first kappa shape index (κ1) is 27.4. The molecular formula is C25H50O3. The van der Waals surface area contributed by atoms with E-state index in [1.54, 1.807) is 0 Å². The Bertz CT molecular complexity index is 304. The molecule has 0 aromatic heterocycles. The van der Waals surface area contributed by atoms with Crippen molar-refractivity contribution in [2.75, 3.05) is 13.4 Å². The fraction of sp³-hybridized carbons (Fsp3) is 0.960. The Morgan fingerprint density at radius 1 is 0.536 bits per heavy atom. The van der Waals surface area contributed by atoms with Crippen LogP contribution in [-0.2, 0) is 14.3 Å². The molecule has 0 aliphatic carbocycles. The van der Waals surface area contributed by atoms with Crippen molar-refractivity contribution in [2.45, 2.75) is 142 Å². The first-order chi connectivity index (χ1) is 13.8. The quantitative estimate of drug-likeness (QED) is 0.0985. The third-order valence-corrected chi connectivity index (χ3v) is 5.43. The average Bonchev–Trinajstić information content (AvgIpc) is 2.70. The minimum Gasteiger partial charge on any atom is -0.438 e. The lowest BCUT2D eigenvalue weighted by Crippen LogP contribution is -2.08. The predicted molar refractivity (Wildman–Crippen MR) is 121 cm³/mol. The molecule has 0 atom stereocenters. The van der Waals surface area contributed by atoms with E-state index in [0.717, 1.165) is 19.3 Å². The van der Waals surface area contributed by atoms with Crippen molar-refractivity contribution in [1.82, 2.24) is 0 Å². The van der Waals surface area contributed by atoms with Crippen LogP contribution < -0.4 is 0 Å². The van der Waals surface area contributed by atoms with Crippen LogP contribution in [0.25, 0.3) is 0 Å². The lowest BCUT2D eigenvalue weighted by molar-refractivity contribution is -0.156. The Morgan fingerprint density at radius 3 is 1.39 bits per heavy atom. The molecule has 0 aliphatic heterocycles. The van der Waals surface area contributed by atoms with Gasteiger partial charge in [0.25, 0.3) is 0 Å². The van der Waals surface area contributed by atoms with E-state index in [1.807, 2.05) is 0 Å². The molecule has 28 heavy (non-hydrogen) atoms. The zero-order valence-electron chi connectivity index (χ0n) is 19.3. The number of carbonyl (C=O) groups excluding carboxylic acids is 1. The summed E-state index contributed by atoms with van der Waals surface area (Å²) in [6, 6.07) is 0. The molecule has 0 saturated heterocycles. The molecule has 0 rings (SSSR count). The molecule has 3 heteroatoms. The number of hydrogen-bond acceptors (Lipinski definition) is 3. The lowest BCUT2D eigenvalue weighted by Gasteiger charge is -2.06. The van der Waals surface area contributed by atoms with Gasteiger partial charge in [-0.15, -0.1) is 0 Å². The Hall–Kier alpha value is -0.570. The van der Waals surface area contributed by atoms with Crippen LogP contribution in [0.2, 0.25) is 0 Å². The second-order valence-electron chi connectivity index (χ2n) is 8.30.